The summed E-state index contributed by atoms with van der Waals surface area (Å²) in [6.07, 6.45) is 0.738. The molecular weight excluding hydrogens is 232 g/mol. The van der Waals surface area contributed by atoms with Crippen molar-refractivity contribution in [3.8, 4) is 0 Å². The van der Waals surface area contributed by atoms with Gasteiger partial charge in [-0.2, -0.15) is 0 Å². The Balaban J connectivity index is 3.55. The van der Waals surface area contributed by atoms with Crippen LogP contribution in [-0.4, -0.2) is 52.3 Å². The van der Waals surface area contributed by atoms with Crippen LogP contribution in [0.15, 0.2) is 0 Å². The van der Waals surface area contributed by atoms with Crippen molar-refractivity contribution >= 4 is 15.9 Å². The first-order valence-corrected chi connectivity index (χ1v) is 7.23. The molecule has 0 aliphatic heterocycles. The molecule has 0 radical (unpaired) electrons. The molecule has 1 unspecified atom stereocenters. The number of rotatable bonds is 7. The number of hydrogen-bond donors (Lipinski definition) is 2. The van der Waals surface area contributed by atoms with Crippen molar-refractivity contribution in [2.75, 3.05) is 31.7 Å². The Morgan fingerprint density at radius 3 is 2.50 bits per heavy atom. The first-order valence-electron chi connectivity index (χ1n) is 5.17. The first kappa shape index (κ1) is 15.2. The van der Waals surface area contributed by atoms with E-state index in [1.165, 1.54) is 6.26 Å². The minimum atomic E-state index is -2.96. The van der Waals surface area contributed by atoms with Gasteiger partial charge in [0.05, 0.1) is 12.4 Å². The lowest BCUT2D eigenvalue weighted by Gasteiger charge is -2.12. The number of carbonyl (C=O) groups is 1. The second-order valence-electron chi connectivity index (χ2n) is 3.59. The Bertz CT molecular complexity index is 303. The van der Waals surface area contributed by atoms with Crippen LogP contribution >= 0.6 is 0 Å². The molecule has 0 bridgehead atoms. The van der Waals surface area contributed by atoms with E-state index in [1.807, 2.05) is 0 Å². The highest BCUT2D eigenvalue weighted by Crippen LogP contribution is 1.89. The second kappa shape index (κ2) is 7.45. The van der Waals surface area contributed by atoms with Gasteiger partial charge in [-0.15, -0.1) is 0 Å². The highest BCUT2D eigenvalue weighted by Gasteiger charge is 2.09. The van der Waals surface area contributed by atoms with Crippen molar-refractivity contribution in [3.05, 3.63) is 0 Å². The van der Waals surface area contributed by atoms with Gasteiger partial charge in [-0.3, -0.25) is 0 Å². The molecule has 1 atom stereocenters. The van der Waals surface area contributed by atoms with E-state index in [2.05, 4.69) is 15.4 Å². The minimum Gasteiger partial charge on any atom is -0.450 e. The van der Waals surface area contributed by atoms with Gasteiger partial charge < -0.3 is 15.4 Å². The molecule has 0 aliphatic carbocycles. The Hall–Kier alpha value is -0.820. The summed E-state index contributed by atoms with van der Waals surface area (Å²) in [6, 6.07) is -0.126. The Morgan fingerprint density at radius 2 is 2.00 bits per heavy atom. The molecule has 0 spiro atoms. The standard InChI is InChI=1S/C9H20N2O4S/c1-4-15-9(12)11-6-5-10-8(2)7-16(3,13)14/h8,10H,4-7H2,1-3H3,(H,11,12). The van der Waals surface area contributed by atoms with E-state index in [0.29, 0.717) is 19.7 Å². The number of alkyl carbamates (subject to hydrolysis) is 1. The Labute approximate surface area is 96.7 Å². The summed E-state index contributed by atoms with van der Waals surface area (Å²) >= 11 is 0. The third kappa shape index (κ3) is 9.72. The first-order chi connectivity index (χ1) is 7.35. The van der Waals surface area contributed by atoms with E-state index in [0.717, 1.165) is 0 Å². The molecule has 0 saturated heterocycles. The number of hydrogen-bond acceptors (Lipinski definition) is 5. The normalized spacial score (nSPS) is 13.2. The number of amides is 1. The SMILES string of the molecule is CCOC(=O)NCCNC(C)CS(C)(=O)=O. The highest BCUT2D eigenvalue weighted by atomic mass is 32.2. The average molecular weight is 252 g/mol. The zero-order chi connectivity index (χ0) is 12.6. The van der Waals surface area contributed by atoms with Gasteiger partial charge in [-0.1, -0.05) is 0 Å². The predicted molar refractivity (Wildman–Crippen MR) is 62.2 cm³/mol. The Kier molecular flexibility index (Phi) is 7.07. The van der Waals surface area contributed by atoms with Gasteiger partial charge in [0.25, 0.3) is 0 Å². The van der Waals surface area contributed by atoms with Gasteiger partial charge in [-0.25, -0.2) is 13.2 Å². The number of nitrogens with one attached hydrogen (secondary N) is 2. The summed E-state index contributed by atoms with van der Waals surface area (Å²) in [7, 11) is -2.96. The summed E-state index contributed by atoms with van der Waals surface area (Å²) in [5.74, 6) is 0.0897. The molecule has 16 heavy (non-hydrogen) atoms. The van der Waals surface area contributed by atoms with Crippen molar-refractivity contribution in [3.63, 3.8) is 0 Å². The van der Waals surface area contributed by atoms with Crippen LogP contribution in [0, 0.1) is 0 Å². The molecule has 1 amide bonds. The van der Waals surface area contributed by atoms with Gasteiger partial charge in [0.15, 0.2) is 0 Å². The molecule has 6 nitrogen and oxygen atoms in total. The summed E-state index contributed by atoms with van der Waals surface area (Å²) in [6.45, 7) is 4.77. The van der Waals surface area contributed by atoms with Gasteiger partial charge >= 0.3 is 6.09 Å². The molecule has 0 aromatic carbocycles. The lowest BCUT2D eigenvalue weighted by Crippen LogP contribution is -2.38. The predicted octanol–water partition coefficient (Wildman–Crippen LogP) is -0.245. The number of ether oxygens (including phenoxy) is 1. The molecule has 2 N–H and O–H groups in total. The van der Waals surface area contributed by atoms with Crippen molar-refractivity contribution in [2.45, 2.75) is 19.9 Å². The summed E-state index contributed by atoms with van der Waals surface area (Å²) < 4.78 is 26.5. The van der Waals surface area contributed by atoms with Crippen LogP contribution in [-0.2, 0) is 14.6 Å². The molecule has 0 aromatic rings. The fourth-order valence-electron chi connectivity index (χ4n) is 1.18. The van der Waals surface area contributed by atoms with E-state index < -0.39 is 15.9 Å². The maximum absolute atomic E-state index is 10.9. The van der Waals surface area contributed by atoms with Crippen LogP contribution in [0.3, 0.4) is 0 Å². The largest absolute Gasteiger partial charge is 0.450 e. The van der Waals surface area contributed by atoms with E-state index in [4.69, 9.17) is 0 Å². The molecule has 0 fully saturated rings. The smallest absolute Gasteiger partial charge is 0.407 e. The molecule has 0 heterocycles. The fraction of sp³-hybridized carbons (Fsp3) is 0.889. The molecular formula is C9H20N2O4S. The lowest BCUT2D eigenvalue weighted by atomic mass is 10.4. The van der Waals surface area contributed by atoms with Gasteiger partial charge in [0, 0.05) is 25.4 Å². The zero-order valence-corrected chi connectivity index (χ0v) is 10.8. The van der Waals surface area contributed by atoms with Gasteiger partial charge in [0.1, 0.15) is 9.84 Å². The van der Waals surface area contributed by atoms with Crippen LogP contribution in [0.25, 0.3) is 0 Å². The molecule has 96 valence electrons. The molecule has 0 saturated carbocycles. The summed E-state index contributed by atoms with van der Waals surface area (Å²) in [5.41, 5.74) is 0. The maximum Gasteiger partial charge on any atom is 0.407 e. The maximum atomic E-state index is 10.9. The second-order valence-corrected chi connectivity index (χ2v) is 5.78. The topological polar surface area (TPSA) is 84.5 Å². The van der Waals surface area contributed by atoms with Gasteiger partial charge in [-0.05, 0) is 13.8 Å². The quantitative estimate of drug-likeness (QED) is 0.611. The summed E-state index contributed by atoms with van der Waals surface area (Å²) in [5, 5.41) is 5.52. The fourth-order valence-corrected chi connectivity index (χ4v) is 2.20. The van der Waals surface area contributed by atoms with Crippen molar-refractivity contribution in [1.29, 1.82) is 0 Å². The van der Waals surface area contributed by atoms with Crippen LogP contribution in [0.1, 0.15) is 13.8 Å². The monoisotopic (exact) mass is 252 g/mol. The van der Waals surface area contributed by atoms with E-state index in [-0.39, 0.29) is 11.8 Å². The van der Waals surface area contributed by atoms with Crippen LogP contribution in [0.5, 0.6) is 0 Å². The molecule has 0 aromatic heterocycles. The molecule has 0 aliphatic rings. The van der Waals surface area contributed by atoms with Crippen molar-refractivity contribution < 1.29 is 17.9 Å². The average Bonchev–Trinajstić information content (AvgIpc) is 2.10. The molecule has 7 heteroatoms. The van der Waals surface area contributed by atoms with Crippen molar-refractivity contribution in [1.82, 2.24) is 10.6 Å². The third-order valence-corrected chi connectivity index (χ3v) is 2.82. The van der Waals surface area contributed by atoms with Gasteiger partial charge in [0.2, 0.25) is 0 Å². The number of carbonyl (C=O) groups excluding carboxylic acids is 1. The van der Waals surface area contributed by atoms with Crippen molar-refractivity contribution in [2.24, 2.45) is 0 Å². The van der Waals surface area contributed by atoms with E-state index in [1.54, 1.807) is 13.8 Å². The summed E-state index contributed by atoms with van der Waals surface area (Å²) in [4.78, 5) is 10.9. The van der Waals surface area contributed by atoms with E-state index in [9.17, 15) is 13.2 Å². The Morgan fingerprint density at radius 1 is 1.38 bits per heavy atom. The lowest BCUT2D eigenvalue weighted by molar-refractivity contribution is 0.152. The zero-order valence-electron chi connectivity index (χ0n) is 9.95. The molecule has 0 rings (SSSR count). The minimum absolute atomic E-state index is 0.0897. The van der Waals surface area contributed by atoms with Crippen LogP contribution in [0.2, 0.25) is 0 Å². The van der Waals surface area contributed by atoms with E-state index >= 15 is 0 Å². The third-order valence-electron chi connectivity index (χ3n) is 1.72. The number of sulfone groups is 1. The highest BCUT2D eigenvalue weighted by molar-refractivity contribution is 7.90. The van der Waals surface area contributed by atoms with Crippen LogP contribution < -0.4 is 10.6 Å². The van der Waals surface area contributed by atoms with Crippen LogP contribution in [0.4, 0.5) is 4.79 Å².